The van der Waals surface area contributed by atoms with Crippen molar-refractivity contribution in [1.29, 1.82) is 0 Å². The Kier molecular flexibility index (Phi) is 5.88. The molecule has 0 aliphatic heterocycles. The van der Waals surface area contributed by atoms with E-state index >= 15 is 0 Å². The summed E-state index contributed by atoms with van der Waals surface area (Å²) in [6.45, 7) is 2.20. The Bertz CT molecular complexity index is 442. The smallest absolute Gasteiger partial charge is 0.161 e. The summed E-state index contributed by atoms with van der Waals surface area (Å²) in [6.07, 6.45) is 5.09. The molecule has 1 unspecified atom stereocenters. The van der Waals surface area contributed by atoms with Gasteiger partial charge in [0, 0.05) is 19.2 Å². The van der Waals surface area contributed by atoms with Crippen molar-refractivity contribution in [1.82, 2.24) is 5.32 Å². The van der Waals surface area contributed by atoms with Gasteiger partial charge in [0.15, 0.2) is 11.5 Å². The second-order valence-corrected chi connectivity index (χ2v) is 5.71. The quantitative estimate of drug-likeness (QED) is 0.873. The third-order valence-electron chi connectivity index (χ3n) is 4.40. The van der Waals surface area contributed by atoms with Crippen LogP contribution in [-0.2, 0) is 4.74 Å². The molecule has 4 nitrogen and oxygen atoms in total. The average Bonchev–Trinajstić information content (AvgIpc) is 2.54. The van der Waals surface area contributed by atoms with Crippen molar-refractivity contribution in [2.24, 2.45) is 0 Å². The summed E-state index contributed by atoms with van der Waals surface area (Å²) in [5.41, 5.74) is 1.22. The lowest BCUT2D eigenvalue weighted by molar-refractivity contribution is 0.0614. The van der Waals surface area contributed by atoms with Crippen molar-refractivity contribution >= 4 is 0 Å². The Morgan fingerprint density at radius 2 is 1.67 bits per heavy atom. The van der Waals surface area contributed by atoms with Crippen molar-refractivity contribution in [2.45, 2.75) is 50.8 Å². The molecule has 118 valence electrons. The van der Waals surface area contributed by atoms with Crippen LogP contribution in [0.4, 0.5) is 0 Å². The van der Waals surface area contributed by atoms with Crippen LogP contribution < -0.4 is 14.8 Å². The largest absolute Gasteiger partial charge is 0.493 e. The Morgan fingerprint density at radius 3 is 2.24 bits per heavy atom. The van der Waals surface area contributed by atoms with E-state index in [0.717, 1.165) is 24.3 Å². The lowest BCUT2D eigenvalue weighted by atomic mass is 9.92. The average molecular weight is 293 g/mol. The highest BCUT2D eigenvalue weighted by atomic mass is 16.5. The fourth-order valence-electron chi connectivity index (χ4n) is 3.04. The van der Waals surface area contributed by atoms with Crippen LogP contribution in [0.3, 0.4) is 0 Å². The Morgan fingerprint density at radius 1 is 1.00 bits per heavy atom. The molecule has 4 heteroatoms. The van der Waals surface area contributed by atoms with Gasteiger partial charge in [-0.05, 0) is 50.3 Å². The van der Waals surface area contributed by atoms with Gasteiger partial charge in [0.1, 0.15) is 0 Å². The Balaban J connectivity index is 1.95. The molecular weight excluding hydrogens is 266 g/mol. The van der Waals surface area contributed by atoms with Gasteiger partial charge in [0.25, 0.3) is 0 Å². The van der Waals surface area contributed by atoms with Crippen molar-refractivity contribution in [3.05, 3.63) is 23.8 Å². The van der Waals surface area contributed by atoms with Crippen molar-refractivity contribution in [3.8, 4) is 11.5 Å². The van der Waals surface area contributed by atoms with Gasteiger partial charge in [-0.1, -0.05) is 6.07 Å². The summed E-state index contributed by atoms with van der Waals surface area (Å²) >= 11 is 0. The molecule has 1 aliphatic rings. The van der Waals surface area contributed by atoms with Crippen molar-refractivity contribution in [2.75, 3.05) is 21.3 Å². The van der Waals surface area contributed by atoms with E-state index in [9.17, 15) is 0 Å². The van der Waals surface area contributed by atoms with Crippen LogP contribution in [0.15, 0.2) is 18.2 Å². The van der Waals surface area contributed by atoms with Crippen LogP contribution in [0, 0.1) is 0 Å². The maximum atomic E-state index is 5.43. The summed E-state index contributed by atoms with van der Waals surface area (Å²) in [7, 11) is 5.14. The molecule has 0 spiro atoms. The molecule has 1 atom stereocenters. The number of hydrogen-bond acceptors (Lipinski definition) is 4. The van der Waals surface area contributed by atoms with Gasteiger partial charge in [-0.15, -0.1) is 0 Å². The maximum Gasteiger partial charge on any atom is 0.161 e. The highest BCUT2D eigenvalue weighted by Crippen LogP contribution is 2.30. The molecule has 0 radical (unpaired) electrons. The molecule has 1 fully saturated rings. The molecular formula is C17H27NO3. The molecule has 1 aromatic rings. The normalized spacial score (nSPS) is 23.6. The zero-order valence-corrected chi connectivity index (χ0v) is 13.5. The molecule has 1 aliphatic carbocycles. The van der Waals surface area contributed by atoms with Crippen LogP contribution in [-0.4, -0.2) is 33.5 Å². The van der Waals surface area contributed by atoms with E-state index in [1.165, 1.54) is 18.4 Å². The number of hydrogen-bond donors (Lipinski definition) is 1. The SMILES string of the molecule is COc1ccc(C(C)NC2CCC(OC)CC2)cc1OC. The summed E-state index contributed by atoms with van der Waals surface area (Å²) in [6, 6.07) is 6.99. The fraction of sp³-hybridized carbons (Fsp3) is 0.647. The molecule has 21 heavy (non-hydrogen) atoms. The number of benzene rings is 1. The molecule has 0 amide bonds. The zero-order chi connectivity index (χ0) is 15.2. The van der Waals surface area contributed by atoms with E-state index in [4.69, 9.17) is 14.2 Å². The predicted octanol–water partition coefficient (Wildman–Crippen LogP) is 3.31. The van der Waals surface area contributed by atoms with Crippen LogP contribution >= 0.6 is 0 Å². The number of methoxy groups -OCH3 is 3. The van der Waals surface area contributed by atoms with Crippen molar-refractivity contribution < 1.29 is 14.2 Å². The lowest BCUT2D eigenvalue weighted by Gasteiger charge is -2.30. The number of rotatable bonds is 6. The monoisotopic (exact) mass is 293 g/mol. The van der Waals surface area contributed by atoms with Crippen LogP contribution in [0.25, 0.3) is 0 Å². The summed E-state index contributed by atoms with van der Waals surface area (Å²) in [5.74, 6) is 1.56. The van der Waals surface area contributed by atoms with Gasteiger partial charge < -0.3 is 19.5 Å². The van der Waals surface area contributed by atoms with Crippen LogP contribution in [0.5, 0.6) is 11.5 Å². The number of nitrogens with one attached hydrogen (secondary N) is 1. The molecule has 0 aromatic heterocycles. The van der Waals surface area contributed by atoms with Gasteiger partial charge >= 0.3 is 0 Å². The first-order valence-electron chi connectivity index (χ1n) is 7.68. The predicted molar refractivity (Wildman–Crippen MR) is 84.1 cm³/mol. The highest BCUT2D eigenvalue weighted by Gasteiger charge is 2.22. The van der Waals surface area contributed by atoms with Gasteiger partial charge in [0.2, 0.25) is 0 Å². The third kappa shape index (κ3) is 4.11. The summed E-state index contributed by atoms with van der Waals surface area (Å²) in [4.78, 5) is 0. The molecule has 0 heterocycles. The van der Waals surface area contributed by atoms with Gasteiger partial charge in [0.05, 0.1) is 20.3 Å². The first kappa shape index (κ1) is 16.1. The molecule has 1 N–H and O–H groups in total. The van der Waals surface area contributed by atoms with Gasteiger partial charge in [-0.2, -0.15) is 0 Å². The minimum atomic E-state index is 0.300. The van der Waals surface area contributed by atoms with E-state index in [2.05, 4.69) is 24.4 Å². The molecule has 0 bridgehead atoms. The number of ether oxygens (including phenoxy) is 3. The summed E-state index contributed by atoms with van der Waals surface area (Å²) < 4.78 is 16.1. The molecule has 1 aromatic carbocycles. The third-order valence-corrected chi connectivity index (χ3v) is 4.40. The first-order valence-corrected chi connectivity index (χ1v) is 7.68. The minimum absolute atomic E-state index is 0.300. The molecule has 2 rings (SSSR count). The van der Waals surface area contributed by atoms with Crippen LogP contribution in [0.1, 0.15) is 44.2 Å². The maximum absolute atomic E-state index is 5.43. The molecule has 1 saturated carbocycles. The summed E-state index contributed by atoms with van der Waals surface area (Å²) in [5, 5.41) is 3.72. The minimum Gasteiger partial charge on any atom is -0.493 e. The van der Waals surface area contributed by atoms with E-state index in [1.54, 1.807) is 14.2 Å². The Hall–Kier alpha value is -1.26. The van der Waals surface area contributed by atoms with Gasteiger partial charge in [-0.3, -0.25) is 0 Å². The van der Waals surface area contributed by atoms with E-state index in [-0.39, 0.29) is 0 Å². The first-order chi connectivity index (χ1) is 10.2. The zero-order valence-electron chi connectivity index (χ0n) is 13.5. The van der Waals surface area contributed by atoms with E-state index in [1.807, 2.05) is 13.2 Å². The van der Waals surface area contributed by atoms with Crippen LogP contribution in [0.2, 0.25) is 0 Å². The van der Waals surface area contributed by atoms with E-state index < -0.39 is 0 Å². The van der Waals surface area contributed by atoms with Crippen molar-refractivity contribution in [3.63, 3.8) is 0 Å². The molecule has 0 saturated heterocycles. The Labute approximate surface area is 127 Å². The topological polar surface area (TPSA) is 39.7 Å². The highest BCUT2D eigenvalue weighted by molar-refractivity contribution is 5.43. The second-order valence-electron chi connectivity index (χ2n) is 5.71. The second kappa shape index (κ2) is 7.66. The fourth-order valence-corrected chi connectivity index (χ4v) is 3.04. The standard InChI is InChI=1S/C17H27NO3/c1-12(18-14-6-8-15(19-2)9-7-14)13-5-10-16(20-3)17(11-13)21-4/h5,10-12,14-15,18H,6-9H2,1-4H3. The van der Waals surface area contributed by atoms with E-state index in [0.29, 0.717) is 18.2 Å². The van der Waals surface area contributed by atoms with Gasteiger partial charge in [-0.25, -0.2) is 0 Å². The lowest BCUT2D eigenvalue weighted by Crippen LogP contribution is -2.36.